The summed E-state index contributed by atoms with van der Waals surface area (Å²) in [6.45, 7) is 3.70. The molecular weight excluding hydrogens is 308 g/mol. The Hall–Kier alpha value is -3.15. The van der Waals surface area contributed by atoms with Crippen LogP contribution in [0.3, 0.4) is 0 Å². The van der Waals surface area contributed by atoms with Crippen molar-refractivity contribution in [3.8, 4) is 5.75 Å². The lowest BCUT2D eigenvalue weighted by Gasteiger charge is -2.10. The molecule has 122 valence electrons. The molecule has 0 spiro atoms. The monoisotopic (exact) mass is 324 g/mol. The molecule has 6 heteroatoms. The van der Waals surface area contributed by atoms with Gasteiger partial charge in [-0.05, 0) is 49.2 Å². The van der Waals surface area contributed by atoms with E-state index in [1.165, 1.54) is 6.07 Å². The zero-order valence-corrected chi connectivity index (χ0v) is 13.3. The number of rotatable bonds is 4. The van der Waals surface area contributed by atoms with Crippen molar-refractivity contribution < 1.29 is 19.1 Å². The number of hydrogen-bond acceptors (Lipinski definition) is 4. The van der Waals surface area contributed by atoms with E-state index in [4.69, 9.17) is 4.74 Å². The van der Waals surface area contributed by atoms with Gasteiger partial charge in [0.05, 0.1) is 16.8 Å². The lowest BCUT2D eigenvalue weighted by Crippen LogP contribution is -2.23. The third kappa shape index (κ3) is 3.12. The predicted molar refractivity (Wildman–Crippen MR) is 88.3 cm³/mol. The smallest absolute Gasteiger partial charge is 0.262 e. The standard InChI is InChI=1S/C18H16N2O4/c1-10-6-11(2)8-12(7-10)24-9-15(21)19-14-5-3-4-13-16(14)18(23)20-17(13)22/h3-8H,9H2,1-2H3,(H,19,21)(H,20,22,23). The van der Waals surface area contributed by atoms with Gasteiger partial charge in [0.2, 0.25) is 0 Å². The quantitative estimate of drug-likeness (QED) is 0.845. The molecule has 3 rings (SSSR count). The fourth-order valence-corrected chi connectivity index (χ4v) is 2.67. The maximum atomic E-state index is 12.1. The number of carbonyl (C=O) groups is 3. The molecule has 0 saturated heterocycles. The van der Waals surface area contributed by atoms with Gasteiger partial charge in [-0.15, -0.1) is 0 Å². The summed E-state index contributed by atoms with van der Waals surface area (Å²) in [6.07, 6.45) is 0. The van der Waals surface area contributed by atoms with Crippen LogP contribution in [-0.2, 0) is 4.79 Å². The van der Waals surface area contributed by atoms with Gasteiger partial charge in [0.15, 0.2) is 6.61 Å². The number of amides is 3. The summed E-state index contributed by atoms with van der Waals surface area (Å²) in [6, 6.07) is 10.4. The Bertz CT molecular complexity index is 838. The molecule has 0 unspecified atom stereocenters. The largest absolute Gasteiger partial charge is 0.484 e. The van der Waals surface area contributed by atoms with Gasteiger partial charge in [0.1, 0.15) is 5.75 Å². The van der Waals surface area contributed by atoms with Crippen molar-refractivity contribution in [1.82, 2.24) is 5.32 Å². The second-order valence-electron chi connectivity index (χ2n) is 5.67. The number of ether oxygens (including phenoxy) is 1. The van der Waals surface area contributed by atoms with Gasteiger partial charge in [0, 0.05) is 0 Å². The van der Waals surface area contributed by atoms with Crippen molar-refractivity contribution in [3.05, 3.63) is 58.7 Å². The van der Waals surface area contributed by atoms with Gasteiger partial charge >= 0.3 is 0 Å². The lowest BCUT2D eigenvalue weighted by molar-refractivity contribution is -0.118. The van der Waals surface area contributed by atoms with E-state index < -0.39 is 17.7 Å². The molecule has 3 amide bonds. The van der Waals surface area contributed by atoms with Gasteiger partial charge in [-0.2, -0.15) is 0 Å². The van der Waals surface area contributed by atoms with Gasteiger partial charge in [-0.3, -0.25) is 19.7 Å². The van der Waals surface area contributed by atoms with E-state index in [0.29, 0.717) is 11.4 Å². The van der Waals surface area contributed by atoms with E-state index >= 15 is 0 Å². The Kier molecular flexibility index (Phi) is 4.04. The molecule has 0 radical (unpaired) electrons. The Labute approximate surface area is 138 Å². The van der Waals surface area contributed by atoms with Crippen molar-refractivity contribution >= 4 is 23.4 Å². The van der Waals surface area contributed by atoms with Crippen molar-refractivity contribution in [3.63, 3.8) is 0 Å². The second kappa shape index (κ2) is 6.16. The van der Waals surface area contributed by atoms with Crippen LogP contribution in [0.4, 0.5) is 5.69 Å². The third-order valence-electron chi connectivity index (χ3n) is 3.60. The summed E-state index contributed by atoms with van der Waals surface area (Å²) in [5.41, 5.74) is 2.82. The third-order valence-corrected chi connectivity index (χ3v) is 3.60. The molecule has 2 N–H and O–H groups in total. The first-order valence-corrected chi connectivity index (χ1v) is 7.43. The Morgan fingerprint density at radius 1 is 1.08 bits per heavy atom. The van der Waals surface area contributed by atoms with Crippen LogP contribution < -0.4 is 15.4 Å². The van der Waals surface area contributed by atoms with Crippen LogP contribution in [0.1, 0.15) is 31.8 Å². The number of benzene rings is 2. The maximum absolute atomic E-state index is 12.1. The van der Waals surface area contributed by atoms with Crippen LogP contribution in [0.5, 0.6) is 5.75 Å². The van der Waals surface area contributed by atoms with Crippen LogP contribution in [0.15, 0.2) is 36.4 Å². The number of hydrogen-bond donors (Lipinski definition) is 2. The predicted octanol–water partition coefficient (Wildman–Crippen LogP) is 2.20. The molecule has 24 heavy (non-hydrogen) atoms. The zero-order valence-electron chi connectivity index (χ0n) is 13.3. The van der Waals surface area contributed by atoms with Crippen LogP contribution in [-0.4, -0.2) is 24.3 Å². The minimum absolute atomic E-state index is 0.183. The maximum Gasteiger partial charge on any atom is 0.262 e. The van der Waals surface area contributed by atoms with Crippen LogP contribution in [0, 0.1) is 13.8 Å². The summed E-state index contributed by atoms with van der Waals surface area (Å²) < 4.78 is 5.49. The zero-order chi connectivity index (χ0) is 17.3. The first-order valence-electron chi connectivity index (χ1n) is 7.43. The van der Waals surface area contributed by atoms with E-state index in [2.05, 4.69) is 10.6 Å². The molecule has 0 aromatic heterocycles. The van der Waals surface area contributed by atoms with Crippen molar-refractivity contribution in [2.24, 2.45) is 0 Å². The molecule has 0 bridgehead atoms. The van der Waals surface area contributed by atoms with Crippen molar-refractivity contribution in [2.75, 3.05) is 11.9 Å². The summed E-state index contributed by atoms with van der Waals surface area (Å²) in [7, 11) is 0. The van der Waals surface area contributed by atoms with Crippen molar-refractivity contribution in [1.29, 1.82) is 0 Å². The lowest BCUT2D eigenvalue weighted by atomic mass is 10.1. The Morgan fingerprint density at radius 3 is 2.50 bits per heavy atom. The number of carbonyl (C=O) groups excluding carboxylic acids is 3. The van der Waals surface area contributed by atoms with E-state index in [1.54, 1.807) is 12.1 Å². The molecule has 1 heterocycles. The highest BCUT2D eigenvalue weighted by molar-refractivity contribution is 6.24. The van der Waals surface area contributed by atoms with E-state index in [-0.39, 0.29) is 17.7 Å². The van der Waals surface area contributed by atoms with Gasteiger partial charge in [-0.1, -0.05) is 12.1 Å². The molecule has 1 aliphatic heterocycles. The van der Waals surface area contributed by atoms with Crippen LogP contribution in [0.2, 0.25) is 0 Å². The van der Waals surface area contributed by atoms with Crippen LogP contribution >= 0.6 is 0 Å². The highest BCUT2D eigenvalue weighted by Crippen LogP contribution is 2.24. The molecule has 1 aliphatic rings. The molecular formula is C18H16N2O4. The minimum Gasteiger partial charge on any atom is -0.484 e. The van der Waals surface area contributed by atoms with E-state index in [0.717, 1.165) is 11.1 Å². The first-order chi connectivity index (χ1) is 11.4. The van der Waals surface area contributed by atoms with Gasteiger partial charge < -0.3 is 10.1 Å². The van der Waals surface area contributed by atoms with E-state index in [9.17, 15) is 14.4 Å². The molecule has 0 aliphatic carbocycles. The topological polar surface area (TPSA) is 84.5 Å². The molecule has 2 aromatic carbocycles. The fourth-order valence-electron chi connectivity index (χ4n) is 2.67. The average Bonchev–Trinajstić information content (AvgIpc) is 2.80. The first kappa shape index (κ1) is 15.7. The summed E-state index contributed by atoms with van der Waals surface area (Å²) in [4.78, 5) is 35.5. The summed E-state index contributed by atoms with van der Waals surface area (Å²) >= 11 is 0. The molecule has 0 saturated carbocycles. The van der Waals surface area contributed by atoms with Crippen molar-refractivity contribution in [2.45, 2.75) is 13.8 Å². The SMILES string of the molecule is Cc1cc(C)cc(OCC(=O)Nc2cccc3c2C(=O)NC3=O)c1. The normalized spacial score (nSPS) is 12.6. The van der Waals surface area contributed by atoms with Gasteiger partial charge in [-0.25, -0.2) is 0 Å². The van der Waals surface area contributed by atoms with Crippen LogP contribution in [0.25, 0.3) is 0 Å². The average molecular weight is 324 g/mol. The highest BCUT2D eigenvalue weighted by atomic mass is 16.5. The number of fused-ring (bicyclic) bond motifs is 1. The number of nitrogens with one attached hydrogen (secondary N) is 2. The van der Waals surface area contributed by atoms with Gasteiger partial charge in [0.25, 0.3) is 17.7 Å². The molecule has 6 nitrogen and oxygen atoms in total. The second-order valence-corrected chi connectivity index (χ2v) is 5.67. The minimum atomic E-state index is -0.513. The highest BCUT2D eigenvalue weighted by Gasteiger charge is 2.29. The Morgan fingerprint density at radius 2 is 1.79 bits per heavy atom. The number of aryl methyl sites for hydroxylation is 2. The number of imide groups is 1. The summed E-state index contributed by atoms with van der Waals surface area (Å²) in [5.74, 6) is -0.776. The number of anilines is 1. The molecule has 0 fully saturated rings. The summed E-state index contributed by atoms with van der Waals surface area (Å²) in [5, 5.41) is 4.82. The van der Waals surface area contributed by atoms with E-state index in [1.807, 2.05) is 32.0 Å². The molecule has 2 aromatic rings. The fraction of sp³-hybridized carbons (Fsp3) is 0.167. The Balaban J connectivity index is 1.70. The molecule has 0 atom stereocenters.